The minimum atomic E-state index is -0.483. The van der Waals surface area contributed by atoms with E-state index in [4.69, 9.17) is 9.47 Å². The van der Waals surface area contributed by atoms with Gasteiger partial charge in [0.05, 0.1) is 22.6 Å². The number of anilines is 1. The molecule has 0 bridgehead atoms. The summed E-state index contributed by atoms with van der Waals surface area (Å²) in [6, 6.07) is 4.15. The molecule has 0 aliphatic carbocycles. The Morgan fingerprint density at radius 2 is 2.16 bits per heavy atom. The van der Waals surface area contributed by atoms with Crippen molar-refractivity contribution >= 4 is 22.7 Å². The Hall–Kier alpha value is -2.57. The molecule has 0 N–H and O–H groups in total. The first-order valence-electron chi connectivity index (χ1n) is 8.52. The van der Waals surface area contributed by atoms with E-state index < -0.39 is 5.60 Å². The van der Waals surface area contributed by atoms with Gasteiger partial charge in [0.1, 0.15) is 18.5 Å². The molecule has 1 aromatic carbocycles. The Morgan fingerprint density at radius 1 is 1.32 bits per heavy atom. The minimum absolute atomic E-state index is 0.121. The van der Waals surface area contributed by atoms with Crippen molar-refractivity contribution in [2.75, 3.05) is 31.1 Å². The normalized spacial score (nSPS) is 19.9. The second-order valence-corrected chi connectivity index (χ2v) is 7.45. The van der Waals surface area contributed by atoms with E-state index in [9.17, 15) is 4.79 Å². The molecule has 2 aliphatic heterocycles. The number of carbonyl (C=O) groups excluding carboxylic acids is 1. The van der Waals surface area contributed by atoms with E-state index in [-0.39, 0.29) is 12.1 Å². The number of rotatable bonds is 0. The lowest BCUT2D eigenvalue weighted by molar-refractivity contribution is 0.0195. The van der Waals surface area contributed by atoms with Gasteiger partial charge in [0.2, 0.25) is 0 Å². The molecule has 1 amide bonds. The molecule has 25 heavy (non-hydrogen) atoms. The van der Waals surface area contributed by atoms with Crippen LogP contribution in [0.4, 0.5) is 10.5 Å². The van der Waals surface area contributed by atoms with Crippen molar-refractivity contribution in [3.63, 3.8) is 0 Å². The van der Waals surface area contributed by atoms with Crippen LogP contribution in [0.2, 0.25) is 0 Å². The number of amides is 1. The number of hydrogen-bond donors (Lipinski definition) is 0. The Balaban J connectivity index is 1.57. The van der Waals surface area contributed by atoms with Crippen molar-refractivity contribution in [1.29, 1.82) is 0 Å². The fourth-order valence-electron chi connectivity index (χ4n) is 3.38. The number of piperazine rings is 1. The summed E-state index contributed by atoms with van der Waals surface area (Å²) in [7, 11) is 0. The molecule has 7 heteroatoms. The van der Waals surface area contributed by atoms with Crippen molar-refractivity contribution in [2.24, 2.45) is 0 Å². The van der Waals surface area contributed by atoms with Crippen LogP contribution in [0.1, 0.15) is 20.8 Å². The number of carbonyl (C=O) groups is 1. The van der Waals surface area contributed by atoms with Gasteiger partial charge in [-0.2, -0.15) is 0 Å². The van der Waals surface area contributed by atoms with Crippen molar-refractivity contribution < 1.29 is 14.3 Å². The van der Waals surface area contributed by atoms with Crippen LogP contribution < -0.4 is 9.64 Å². The summed E-state index contributed by atoms with van der Waals surface area (Å²) in [5, 5.41) is 0.924. The number of benzene rings is 1. The largest absolute Gasteiger partial charge is 0.488 e. The molecule has 7 nitrogen and oxygen atoms in total. The molecule has 0 radical (unpaired) electrons. The van der Waals surface area contributed by atoms with Gasteiger partial charge in [-0.15, -0.1) is 0 Å². The van der Waals surface area contributed by atoms with E-state index in [0.29, 0.717) is 19.7 Å². The predicted molar refractivity (Wildman–Crippen MR) is 94.0 cm³/mol. The molecule has 4 rings (SSSR count). The first-order chi connectivity index (χ1) is 11.9. The van der Waals surface area contributed by atoms with Crippen molar-refractivity contribution in [2.45, 2.75) is 32.4 Å². The van der Waals surface area contributed by atoms with Gasteiger partial charge in [0.25, 0.3) is 0 Å². The zero-order chi connectivity index (χ0) is 17.6. The van der Waals surface area contributed by atoms with Crippen LogP contribution in [0.5, 0.6) is 5.75 Å². The van der Waals surface area contributed by atoms with Gasteiger partial charge in [-0.1, -0.05) is 0 Å². The van der Waals surface area contributed by atoms with Gasteiger partial charge in [-0.3, -0.25) is 0 Å². The molecule has 0 spiro atoms. The third kappa shape index (κ3) is 2.94. The number of hydrogen-bond acceptors (Lipinski definition) is 6. The molecule has 3 heterocycles. The summed E-state index contributed by atoms with van der Waals surface area (Å²) >= 11 is 0. The third-order valence-electron chi connectivity index (χ3n) is 4.48. The maximum Gasteiger partial charge on any atom is 0.410 e. The molecular weight excluding hydrogens is 320 g/mol. The van der Waals surface area contributed by atoms with Crippen molar-refractivity contribution in [3.8, 4) is 5.75 Å². The van der Waals surface area contributed by atoms with Crippen LogP contribution in [-0.4, -0.2) is 58.8 Å². The highest BCUT2D eigenvalue weighted by atomic mass is 16.6. The summed E-state index contributed by atoms with van der Waals surface area (Å²) in [6.45, 7) is 8.16. The monoisotopic (exact) mass is 342 g/mol. The van der Waals surface area contributed by atoms with E-state index in [1.54, 1.807) is 17.4 Å². The fraction of sp³-hybridized carbons (Fsp3) is 0.500. The van der Waals surface area contributed by atoms with Crippen LogP contribution in [0, 0.1) is 0 Å². The average molecular weight is 342 g/mol. The Labute approximate surface area is 146 Å². The van der Waals surface area contributed by atoms with Gasteiger partial charge >= 0.3 is 6.09 Å². The molecule has 1 atom stereocenters. The van der Waals surface area contributed by atoms with Gasteiger partial charge in [0.15, 0.2) is 5.75 Å². The quantitative estimate of drug-likeness (QED) is 0.732. The smallest absolute Gasteiger partial charge is 0.410 e. The van der Waals surface area contributed by atoms with Gasteiger partial charge in [-0.25, -0.2) is 14.8 Å². The fourth-order valence-corrected chi connectivity index (χ4v) is 3.38. The molecule has 2 aromatic rings. The second kappa shape index (κ2) is 5.75. The molecule has 2 aliphatic rings. The van der Waals surface area contributed by atoms with E-state index in [0.717, 1.165) is 28.9 Å². The highest BCUT2D eigenvalue weighted by Crippen LogP contribution is 2.40. The van der Waals surface area contributed by atoms with Crippen molar-refractivity contribution in [1.82, 2.24) is 14.9 Å². The van der Waals surface area contributed by atoms with E-state index in [2.05, 4.69) is 14.9 Å². The lowest BCUT2D eigenvalue weighted by Crippen LogP contribution is -2.59. The molecule has 1 unspecified atom stereocenters. The van der Waals surface area contributed by atoms with Crippen LogP contribution in [0.15, 0.2) is 24.7 Å². The number of aromatic nitrogens is 2. The Kier molecular flexibility index (Phi) is 3.67. The van der Waals surface area contributed by atoms with Gasteiger partial charge in [0, 0.05) is 25.8 Å². The summed E-state index contributed by atoms with van der Waals surface area (Å²) in [6.07, 6.45) is 3.07. The Morgan fingerprint density at radius 3 is 2.96 bits per heavy atom. The Bertz CT molecular complexity index is 818. The number of fused-ring (bicyclic) bond motifs is 5. The predicted octanol–water partition coefficient (Wildman–Crippen LogP) is 2.45. The standard InChI is InChI=1S/C18H22N4O3/c1-18(2,3)25-17(23)21-6-7-22-12(9-21)10-24-16-13-8-19-11-20-14(13)4-5-15(16)22/h4-5,8,11-12H,6-7,9-10H2,1-3H3. The van der Waals surface area contributed by atoms with E-state index >= 15 is 0 Å². The van der Waals surface area contributed by atoms with Gasteiger partial charge < -0.3 is 19.3 Å². The van der Waals surface area contributed by atoms with Crippen LogP contribution >= 0.6 is 0 Å². The zero-order valence-electron chi connectivity index (χ0n) is 14.7. The highest BCUT2D eigenvalue weighted by molar-refractivity contribution is 5.91. The highest BCUT2D eigenvalue weighted by Gasteiger charge is 2.36. The van der Waals surface area contributed by atoms with Crippen LogP contribution in [0.3, 0.4) is 0 Å². The van der Waals surface area contributed by atoms with E-state index in [1.807, 2.05) is 32.9 Å². The molecule has 1 aromatic heterocycles. The van der Waals surface area contributed by atoms with Gasteiger partial charge in [-0.05, 0) is 32.9 Å². The average Bonchev–Trinajstić information content (AvgIpc) is 2.59. The maximum absolute atomic E-state index is 12.3. The maximum atomic E-state index is 12.3. The molecule has 1 fully saturated rings. The molecule has 1 saturated heterocycles. The number of nitrogens with zero attached hydrogens (tertiary/aromatic N) is 4. The third-order valence-corrected chi connectivity index (χ3v) is 4.48. The lowest BCUT2D eigenvalue weighted by Gasteiger charge is -2.45. The zero-order valence-corrected chi connectivity index (χ0v) is 14.7. The molecular formula is C18H22N4O3. The second-order valence-electron chi connectivity index (χ2n) is 7.45. The molecule has 132 valence electrons. The number of ether oxygens (including phenoxy) is 2. The van der Waals surface area contributed by atoms with Crippen molar-refractivity contribution in [3.05, 3.63) is 24.7 Å². The summed E-state index contributed by atoms with van der Waals surface area (Å²) in [5.74, 6) is 0.833. The summed E-state index contributed by atoms with van der Waals surface area (Å²) in [5.41, 5.74) is 1.44. The SMILES string of the molecule is CC(C)(C)OC(=O)N1CCN2c3ccc4ncncc4c3OCC2C1. The molecule has 0 saturated carbocycles. The lowest BCUT2D eigenvalue weighted by atomic mass is 10.1. The van der Waals surface area contributed by atoms with Crippen LogP contribution in [0.25, 0.3) is 10.9 Å². The van der Waals surface area contributed by atoms with E-state index in [1.165, 1.54) is 0 Å². The first-order valence-corrected chi connectivity index (χ1v) is 8.52. The first kappa shape index (κ1) is 15.9. The van der Waals surface area contributed by atoms with Crippen LogP contribution in [-0.2, 0) is 4.74 Å². The minimum Gasteiger partial charge on any atom is -0.488 e. The summed E-state index contributed by atoms with van der Waals surface area (Å²) < 4.78 is 11.5. The summed E-state index contributed by atoms with van der Waals surface area (Å²) in [4.78, 5) is 24.8. The topological polar surface area (TPSA) is 67.8 Å².